The van der Waals surface area contributed by atoms with Gasteiger partial charge in [-0.25, -0.2) is 0 Å². The molecule has 1 atom stereocenters. The summed E-state index contributed by atoms with van der Waals surface area (Å²) in [4.78, 5) is 23.4. The average molecular weight is 444 g/mol. The van der Waals surface area contributed by atoms with Crippen LogP contribution in [0, 0.1) is 0 Å². The number of hydrogen-bond acceptors (Lipinski definition) is 4. The number of phenolic OH excluding ortho intramolecular Hbond substituents is 1. The normalized spacial score (nSPS) is 12.6. The number of unbranched alkanes of at least 4 members (excludes halogenated alkanes) is 8. The van der Waals surface area contributed by atoms with Crippen LogP contribution in [0.4, 0.5) is 0 Å². The molecule has 1 aromatic carbocycles. The molecule has 0 aliphatic carbocycles. The van der Waals surface area contributed by atoms with Crippen molar-refractivity contribution in [2.24, 2.45) is 5.73 Å². The van der Waals surface area contributed by atoms with Gasteiger partial charge in [0.2, 0.25) is 0 Å². The van der Waals surface area contributed by atoms with Gasteiger partial charge in [-0.2, -0.15) is 0 Å². The van der Waals surface area contributed by atoms with Crippen LogP contribution in [0.5, 0.6) is 5.75 Å². The van der Waals surface area contributed by atoms with E-state index in [1.807, 2.05) is 0 Å². The molecule has 32 heavy (non-hydrogen) atoms. The number of hydrogen-bond donors (Lipinski definition) is 3. The predicted octanol–water partition coefficient (Wildman–Crippen LogP) is 6.34. The molecule has 0 fully saturated rings. The van der Waals surface area contributed by atoms with Crippen LogP contribution >= 0.6 is 0 Å². The summed E-state index contributed by atoms with van der Waals surface area (Å²) in [7, 11) is 0. The van der Waals surface area contributed by atoms with Crippen LogP contribution in [0.2, 0.25) is 0 Å². The van der Waals surface area contributed by atoms with E-state index in [1.54, 1.807) is 12.1 Å². The van der Waals surface area contributed by atoms with Gasteiger partial charge in [-0.1, -0.05) is 69.4 Å². The highest BCUT2D eigenvalue weighted by Gasteiger charge is 2.16. The predicted molar refractivity (Wildman–Crippen MR) is 131 cm³/mol. The zero-order chi connectivity index (χ0) is 23.6. The summed E-state index contributed by atoms with van der Waals surface area (Å²) in [6, 6.07) is 3.58. The van der Waals surface area contributed by atoms with Gasteiger partial charge in [0, 0.05) is 6.42 Å². The van der Waals surface area contributed by atoms with Crippen molar-refractivity contribution in [1.82, 2.24) is 0 Å². The van der Waals surface area contributed by atoms with Crippen molar-refractivity contribution in [2.75, 3.05) is 0 Å². The zero-order valence-corrected chi connectivity index (χ0v) is 19.6. The topological polar surface area (TPSA) is 101 Å². The van der Waals surface area contributed by atoms with Crippen LogP contribution < -0.4 is 5.73 Å². The van der Waals surface area contributed by atoms with Crippen molar-refractivity contribution in [3.05, 3.63) is 53.6 Å². The zero-order valence-electron chi connectivity index (χ0n) is 19.6. The fourth-order valence-electron chi connectivity index (χ4n) is 3.51. The van der Waals surface area contributed by atoms with E-state index in [0.29, 0.717) is 12.0 Å². The highest BCUT2D eigenvalue weighted by atomic mass is 16.4. The Morgan fingerprint density at radius 2 is 1.56 bits per heavy atom. The summed E-state index contributed by atoms with van der Waals surface area (Å²) in [5.74, 6) is -1.26. The molecule has 0 radical (unpaired) electrons. The number of carbonyl (C=O) groups is 2. The second kappa shape index (κ2) is 17.2. The van der Waals surface area contributed by atoms with E-state index in [2.05, 4.69) is 31.2 Å². The van der Waals surface area contributed by atoms with Crippen LogP contribution in [-0.4, -0.2) is 28.0 Å². The largest absolute Gasteiger partial charge is 0.507 e. The molecule has 0 bridgehead atoms. The number of carboxylic acid groups (broad SMARTS) is 1. The number of carbonyl (C=O) groups excluding carboxylic acids is 1. The number of aliphatic carboxylic acids is 1. The lowest BCUT2D eigenvalue weighted by Crippen LogP contribution is -2.32. The molecule has 0 aliphatic rings. The number of carboxylic acids is 1. The smallest absolute Gasteiger partial charge is 0.320 e. The maximum Gasteiger partial charge on any atom is 0.320 e. The molecule has 0 amide bonds. The number of Topliss-reactive ketones (excluding diaryl/α,β-unsaturated/α-hetero) is 1. The third-order valence-corrected chi connectivity index (χ3v) is 5.49. The minimum Gasteiger partial charge on any atom is -0.507 e. The van der Waals surface area contributed by atoms with Crippen LogP contribution in [0.3, 0.4) is 0 Å². The highest BCUT2D eigenvalue weighted by molar-refractivity contribution is 5.98. The van der Waals surface area contributed by atoms with Gasteiger partial charge in [0.25, 0.3) is 0 Å². The summed E-state index contributed by atoms with van der Waals surface area (Å²) in [6.07, 6.45) is 21.9. The monoisotopic (exact) mass is 443 g/mol. The van der Waals surface area contributed by atoms with E-state index in [9.17, 15) is 14.7 Å². The Morgan fingerprint density at radius 3 is 2.22 bits per heavy atom. The quantitative estimate of drug-likeness (QED) is 0.140. The van der Waals surface area contributed by atoms with E-state index in [0.717, 1.165) is 44.9 Å². The first-order chi connectivity index (χ1) is 15.5. The summed E-state index contributed by atoms with van der Waals surface area (Å²) in [6.45, 7) is 2.22. The molecule has 0 saturated carbocycles. The number of aromatic hydroxyl groups is 1. The maximum absolute atomic E-state index is 12.4. The van der Waals surface area contributed by atoms with E-state index in [1.165, 1.54) is 31.7 Å². The number of nitrogens with two attached hydrogens (primary N) is 1. The fraction of sp³-hybridized carbons (Fsp3) is 0.556. The van der Waals surface area contributed by atoms with Crippen LogP contribution in [0.25, 0.3) is 0 Å². The molecule has 0 heterocycles. The number of ketones is 1. The highest BCUT2D eigenvalue weighted by Crippen LogP contribution is 2.22. The SMILES string of the molecule is CCCCC/C=C\C/C=C\CCCCCCCC(=O)c1cc(C[C@H](N)C(=O)O)ccc1O. The lowest BCUT2D eigenvalue weighted by molar-refractivity contribution is -0.138. The first-order valence-corrected chi connectivity index (χ1v) is 12.1. The van der Waals surface area contributed by atoms with Crippen molar-refractivity contribution >= 4 is 11.8 Å². The Balaban J connectivity index is 2.17. The van der Waals surface area contributed by atoms with Crippen molar-refractivity contribution in [3.8, 4) is 5.75 Å². The van der Waals surface area contributed by atoms with Crippen molar-refractivity contribution in [1.29, 1.82) is 0 Å². The minimum absolute atomic E-state index is 0.0646. The summed E-state index contributed by atoms with van der Waals surface area (Å²) in [5.41, 5.74) is 6.45. The van der Waals surface area contributed by atoms with Crippen LogP contribution in [0.15, 0.2) is 42.5 Å². The van der Waals surface area contributed by atoms with Crippen LogP contribution in [-0.2, 0) is 11.2 Å². The van der Waals surface area contributed by atoms with E-state index >= 15 is 0 Å². The van der Waals surface area contributed by atoms with Gasteiger partial charge in [0.05, 0.1) is 5.56 Å². The van der Waals surface area contributed by atoms with Gasteiger partial charge in [0.15, 0.2) is 5.78 Å². The lowest BCUT2D eigenvalue weighted by Gasteiger charge is -2.10. The maximum atomic E-state index is 12.4. The molecule has 0 spiro atoms. The Labute approximate surface area is 193 Å². The number of benzene rings is 1. The van der Waals surface area contributed by atoms with Gasteiger partial charge >= 0.3 is 5.97 Å². The molecule has 0 aliphatic heterocycles. The van der Waals surface area contributed by atoms with Crippen molar-refractivity contribution in [3.63, 3.8) is 0 Å². The molecular weight excluding hydrogens is 402 g/mol. The minimum atomic E-state index is -1.09. The molecule has 5 heteroatoms. The second-order valence-corrected chi connectivity index (χ2v) is 8.40. The summed E-state index contributed by atoms with van der Waals surface area (Å²) in [5, 5.41) is 18.9. The van der Waals surface area contributed by atoms with E-state index < -0.39 is 12.0 Å². The molecule has 4 N–H and O–H groups in total. The molecule has 1 rings (SSSR count). The van der Waals surface area contributed by atoms with E-state index in [-0.39, 0.29) is 23.5 Å². The van der Waals surface area contributed by atoms with Crippen LogP contribution in [0.1, 0.15) is 99.9 Å². The molecule has 0 unspecified atom stereocenters. The Morgan fingerprint density at radius 1 is 0.938 bits per heavy atom. The molecule has 1 aromatic rings. The van der Waals surface area contributed by atoms with Crippen molar-refractivity contribution < 1.29 is 19.8 Å². The molecule has 178 valence electrons. The molecular formula is C27H41NO4. The van der Waals surface area contributed by atoms with Gasteiger partial charge in [0.1, 0.15) is 11.8 Å². The first-order valence-electron chi connectivity index (χ1n) is 12.1. The van der Waals surface area contributed by atoms with Gasteiger partial charge < -0.3 is 15.9 Å². The average Bonchev–Trinajstić information content (AvgIpc) is 2.77. The standard InChI is InChI=1S/C27H41NO4/c1-2-3-4-5-6-7-8-9-10-11-12-13-14-15-16-17-25(29)23-20-22(18-19-26(23)30)21-24(28)27(31)32/h6-7,9-10,18-20,24,30H,2-5,8,11-17,21,28H2,1H3,(H,31,32)/b7-6-,10-9-/t24-/m0/s1. The van der Waals surface area contributed by atoms with E-state index in [4.69, 9.17) is 10.8 Å². The summed E-state index contributed by atoms with van der Waals surface area (Å²) < 4.78 is 0. The Kier molecular flexibility index (Phi) is 14.8. The molecule has 5 nitrogen and oxygen atoms in total. The second-order valence-electron chi connectivity index (χ2n) is 8.40. The number of allylic oxidation sites excluding steroid dienone is 4. The fourth-order valence-corrected chi connectivity index (χ4v) is 3.51. The summed E-state index contributed by atoms with van der Waals surface area (Å²) >= 11 is 0. The third kappa shape index (κ3) is 12.5. The van der Waals surface area contributed by atoms with Gasteiger partial charge in [-0.3, -0.25) is 9.59 Å². The lowest BCUT2D eigenvalue weighted by atomic mass is 9.98. The third-order valence-electron chi connectivity index (χ3n) is 5.49. The Bertz CT molecular complexity index is 739. The molecule has 0 saturated heterocycles. The first kappa shape index (κ1) is 27.6. The number of phenols is 1. The number of rotatable bonds is 18. The Hall–Kier alpha value is -2.40. The van der Waals surface area contributed by atoms with Crippen molar-refractivity contribution in [2.45, 2.75) is 96.4 Å². The van der Waals surface area contributed by atoms with Gasteiger partial charge in [-0.05, 0) is 62.6 Å². The molecule has 0 aromatic heterocycles. The van der Waals surface area contributed by atoms with Gasteiger partial charge in [-0.15, -0.1) is 0 Å².